The zero-order chi connectivity index (χ0) is 15.4. The van der Waals surface area contributed by atoms with Gasteiger partial charge in [0.25, 0.3) is 0 Å². The summed E-state index contributed by atoms with van der Waals surface area (Å²) in [7, 11) is 0. The van der Waals surface area contributed by atoms with Crippen molar-refractivity contribution in [2.24, 2.45) is 0 Å². The summed E-state index contributed by atoms with van der Waals surface area (Å²) in [6.45, 7) is 0.548. The average molecular weight is 318 g/mol. The van der Waals surface area contributed by atoms with Crippen molar-refractivity contribution in [1.29, 1.82) is 0 Å². The summed E-state index contributed by atoms with van der Waals surface area (Å²) in [6, 6.07) is 10.3. The van der Waals surface area contributed by atoms with Crippen LogP contribution in [0, 0.1) is 0 Å². The van der Waals surface area contributed by atoms with Crippen molar-refractivity contribution in [3.63, 3.8) is 0 Å². The number of thioether (sulfide) groups is 1. The first-order valence-electron chi connectivity index (χ1n) is 7.33. The van der Waals surface area contributed by atoms with Crippen molar-refractivity contribution in [3.05, 3.63) is 46.4 Å². The van der Waals surface area contributed by atoms with Gasteiger partial charge in [0, 0.05) is 12.6 Å². The lowest BCUT2D eigenvalue weighted by molar-refractivity contribution is -0.118. The molecule has 3 rings (SSSR count). The van der Waals surface area contributed by atoms with E-state index in [0.717, 1.165) is 24.8 Å². The number of H-pyrrole nitrogens is 1. The van der Waals surface area contributed by atoms with Crippen LogP contribution in [0.4, 0.5) is 0 Å². The predicted octanol–water partition coefficient (Wildman–Crippen LogP) is 1.18. The number of nitrogens with zero attached hydrogens (tertiary/aromatic N) is 2. The minimum absolute atomic E-state index is 0.00226. The SMILES string of the molecule is O=C(CSc1n[nH]c(=O)n1CCc1ccccc1)NC1CC1. The Bertz CT molecular complexity index is 691. The summed E-state index contributed by atoms with van der Waals surface area (Å²) in [5.41, 5.74) is 0.930. The van der Waals surface area contributed by atoms with Gasteiger partial charge in [-0.3, -0.25) is 9.36 Å². The van der Waals surface area contributed by atoms with Crippen LogP contribution in [0.3, 0.4) is 0 Å². The molecule has 1 saturated carbocycles. The van der Waals surface area contributed by atoms with Gasteiger partial charge in [0.1, 0.15) is 0 Å². The summed E-state index contributed by atoms with van der Waals surface area (Å²) in [6.07, 6.45) is 2.89. The second-order valence-corrected chi connectivity index (χ2v) is 6.27. The molecule has 116 valence electrons. The molecule has 1 aliphatic carbocycles. The molecule has 0 bridgehead atoms. The highest BCUT2D eigenvalue weighted by Gasteiger charge is 2.23. The first-order valence-corrected chi connectivity index (χ1v) is 8.32. The number of amides is 1. The molecule has 2 N–H and O–H groups in total. The van der Waals surface area contributed by atoms with Gasteiger partial charge >= 0.3 is 5.69 Å². The molecule has 1 amide bonds. The van der Waals surface area contributed by atoms with Crippen LogP contribution in [0.25, 0.3) is 0 Å². The van der Waals surface area contributed by atoms with Crippen molar-refractivity contribution in [3.8, 4) is 0 Å². The molecule has 0 spiro atoms. The number of benzene rings is 1. The first-order chi connectivity index (χ1) is 10.7. The topological polar surface area (TPSA) is 79.8 Å². The molecule has 2 aromatic rings. The first kappa shape index (κ1) is 14.9. The Morgan fingerprint density at radius 2 is 2.14 bits per heavy atom. The van der Waals surface area contributed by atoms with Gasteiger partial charge in [0.2, 0.25) is 5.91 Å². The highest BCUT2D eigenvalue weighted by Crippen LogP contribution is 2.19. The Kier molecular flexibility index (Phi) is 4.62. The molecule has 0 aliphatic heterocycles. The minimum Gasteiger partial charge on any atom is -0.353 e. The summed E-state index contributed by atoms with van der Waals surface area (Å²) in [5, 5.41) is 9.94. The molecule has 7 heteroatoms. The summed E-state index contributed by atoms with van der Waals surface area (Å²) < 4.78 is 1.59. The minimum atomic E-state index is -0.235. The van der Waals surface area contributed by atoms with Crippen molar-refractivity contribution in [1.82, 2.24) is 20.1 Å². The van der Waals surface area contributed by atoms with Gasteiger partial charge in [-0.05, 0) is 24.8 Å². The third kappa shape index (κ3) is 4.00. The van der Waals surface area contributed by atoms with E-state index in [2.05, 4.69) is 15.5 Å². The van der Waals surface area contributed by atoms with Crippen LogP contribution in [0.5, 0.6) is 0 Å². The van der Waals surface area contributed by atoms with Gasteiger partial charge in [-0.1, -0.05) is 42.1 Å². The maximum absolute atomic E-state index is 11.8. The molecule has 0 unspecified atom stereocenters. The monoisotopic (exact) mass is 318 g/mol. The van der Waals surface area contributed by atoms with Crippen molar-refractivity contribution < 1.29 is 4.79 Å². The van der Waals surface area contributed by atoms with Crippen LogP contribution >= 0.6 is 11.8 Å². The standard InChI is InChI=1S/C15H18N4O2S/c20-13(16-12-6-7-12)10-22-15-18-17-14(21)19(15)9-8-11-4-2-1-3-5-11/h1-5,12H,6-10H2,(H,16,20)(H,17,21). The number of rotatable bonds is 7. The summed E-state index contributed by atoms with van der Waals surface area (Å²) in [5.74, 6) is 0.282. The zero-order valence-electron chi connectivity index (χ0n) is 12.1. The molecule has 0 atom stereocenters. The van der Waals surface area contributed by atoms with Crippen LogP contribution in [0.2, 0.25) is 0 Å². The molecule has 1 heterocycles. The summed E-state index contributed by atoms with van der Waals surface area (Å²) >= 11 is 1.29. The van der Waals surface area contributed by atoms with Gasteiger partial charge in [-0.15, -0.1) is 5.10 Å². The van der Waals surface area contributed by atoms with Crippen LogP contribution in [0.15, 0.2) is 40.3 Å². The van der Waals surface area contributed by atoms with Crippen LogP contribution in [-0.4, -0.2) is 32.5 Å². The maximum Gasteiger partial charge on any atom is 0.343 e. The Morgan fingerprint density at radius 1 is 1.36 bits per heavy atom. The number of aromatic nitrogens is 3. The quantitative estimate of drug-likeness (QED) is 0.752. The number of aromatic amines is 1. The van der Waals surface area contributed by atoms with Gasteiger partial charge in [-0.25, -0.2) is 9.89 Å². The number of aryl methyl sites for hydroxylation is 1. The Balaban J connectivity index is 1.57. The van der Waals surface area contributed by atoms with Gasteiger partial charge in [0.05, 0.1) is 5.75 Å². The van der Waals surface area contributed by atoms with Crippen molar-refractivity contribution in [2.75, 3.05) is 5.75 Å². The van der Waals surface area contributed by atoms with Gasteiger partial charge in [0.15, 0.2) is 5.16 Å². The van der Waals surface area contributed by atoms with Gasteiger partial charge < -0.3 is 5.32 Å². The highest BCUT2D eigenvalue weighted by atomic mass is 32.2. The fourth-order valence-electron chi connectivity index (χ4n) is 2.12. The third-order valence-electron chi connectivity index (χ3n) is 3.46. The van der Waals surface area contributed by atoms with E-state index in [9.17, 15) is 9.59 Å². The molecule has 0 saturated heterocycles. The highest BCUT2D eigenvalue weighted by molar-refractivity contribution is 7.99. The molecule has 0 radical (unpaired) electrons. The fraction of sp³-hybridized carbons (Fsp3) is 0.400. The number of carbonyl (C=O) groups is 1. The molecular weight excluding hydrogens is 300 g/mol. The van der Waals surface area contributed by atoms with Crippen LogP contribution in [-0.2, 0) is 17.8 Å². The van der Waals surface area contributed by atoms with Crippen molar-refractivity contribution >= 4 is 17.7 Å². The normalized spacial score (nSPS) is 14.0. The van der Waals surface area contributed by atoms with E-state index in [-0.39, 0.29) is 17.3 Å². The molecule has 6 nitrogen and oxygen atoms in total. The van der Waals surface area contributed by atoms with Crippen LogP contribution in [0.1, 0.15) is 18.4 Å². The predicted molar refractivity (Wildman–Crippen MR) is 84.9 cm³/mol. The van der Waals surface area contributed by atoms with E-state index in [1.807, 2.05) is 30.3 Å². The number of hydrogen-bond acceptors (Lipinski definition) is 4. The number of nitrogens with one attached hydrogen (secondary N) is 2. The number of hydrogen-bond donors (Lipinski definition) is 2. The maximum atomic E-state index is 11.8. The Morgan fingerprint density at radius 3 is 2.86 bits per heavy atom. The molecule has 1 aromatic heterocycles. The lowest BCUT2D eigenvalue weighted by Gasteiger charge is -2.06. The van der Waals surface area contributed by atoms with E-state index in [0.29, 0.717) is 17.7 Å². The molecule has 1 aliphatic rings. The Hall–Kier alpha value is -2.02. The number of carbonyl (C=O) groups excluding carboxylic acids is 1. The summed E-state index contributed by atoms with van der Waals surface area (Å²) in [4.78, 5) is 23.5. The largest absolute Gasteiger partial charge is 0.353 e. The smallest absolute Gasteiger partial charge is 0.343 e. The molecule has 1 aromatic carbocycles. The third-order valence-corrected chi connectivity index (χ3v) is 4.44. The molecular formula is C15H18N4O2S. The Labute approximate surface area is 132 Å². The van der Waals surface area contributed by atoms with Crippen LogP contribution < -0.4 is 11.0 Å². The van der Waals surface area contributed by atoms with E-state index in [1.54, 1.807) is 4.57 Å². The molecule has 1 fully saturated rings. The van der Waals surface area contributed by atoms with Crippen molar-refractivity contribution in [2.45, 2.75) is 37.0 Å². The van der Waals surface area contributed by atoms with E-state index in [1.165, 1.54) is 11.8 Å². The average Bonchev–Trinajstić information content (AvgIpc) is 3.27. The second kappa shape index (κ2) is 6.83. The second-order valence-electron chi connectivity index (χ2n) is 5.33. The molecule has 22 heavy (non-hydrogen) atoms. The van der Waals surface area contributed by atoms with E-state index >= 15 is 0 Å². The van der Waals surface area contributed by atoms with Gasteiger partial charge in [-0.2, -0.15) is 0 Å². The van der Waals surface area contributed by atoms with E-state index in [4.69, 9.17) is 0 Å². The lowest BCUT2D eigenvalue weighted by atomic mass is 10.1. The zero-order valence-corrected chi connectivity index (χ0v) is 12.9. The fourth-order valence-corrected chi connectivity index (χ4v) is 2.91. The van der Waals surface area contributed by atoms with E-state index < -0.39 is 0 Å². The lowest BCUT2D eigenvalue weighted by Crippen LogP contribution is -2.27.